The topological polar surface area (TPSA) is 44.8 Å². The lowest BCUT2D eigenvalue weighted by Gasteiger charge is -2.13. The number of ether oxygens (including phenoxy) is 3. The molecule has 4 heteroatoms. The van der Waals surface area contributed by atoms with Crippen molar-refractivity contribution in [2.24, 2.45) is 0 Å². The Hall–Kier alpha value is -2.75. The Morgan fingerprint density at radius 2 is 1.61 bits per heavy atom. The molecule has 0 bridgehead atoms. The van der Waals surface area contributed by atoms with Crippen LogP contribution < -0.4 is 9.47 Å². The van der Waals surface area contributed by atoms with E-state index in [-0.39, 0.29) is 5.97 Å². The molecule has 0 heterocycles. The molecule has 4 nitrogen and oxygen atoms in total. The Kier molecular flexibility index (Phi) is 5.80. The highest BCUT2D eigenvalue weighted by molar-refractivity contribution is 5.79. The maximum Gasteiger partial charge on any atom is 0.317 e. The molecule has 23 heavy (non-hydrogen) atoms. The first-order valence-corrected chi connectivity index (χ1v) is 7.29. The molecule has 0 aromatic heterocycles. The molecule has 0 saturated carbocycles. The van der Waals surface area contributed by atoms with Crippen molar-refractivity contribution in [3.05, 3.63) is 65.9 Å². The van der Waals surface area contributed by atoms with Gasteiger partial charge in [0.1, 0.15) is 11.5 Å². The van der Waals surface area contributed by atoms with Gasteiger partial charge in [-0.2, -0.15) is 0 Å². The summed E-state index contributed by atoms with van der Waals surface area (Å²) in [4.78, 5) is 12.2. The summed E-state index contributed by atoms with van der Waals surface area (Å²) in [6.07, 6.45) is 3.16. The lowest BCUT2D eigenvalue weighted by atomic mass is 10.0. The Labute approximate surface area is 136 Å². The van der Waals surface area contributed by atoms with Crippen molar-refractivity contribution >= 4 is 12.0 Å². The third-order valence-corrected chi connectivity index (χ3v) is 3.47. The van der Waals surface area contributed by atoms with Crippen molar-refractivity contribution < 1.29 is 19.0 Å². The van der Waals surface area contributed by atoms with Gasteiger partial charge in [0.2, 0.25) is 0 Å². The average Bonchev–Trinajstić information content (AvgIpc) is 2.61. The second kappa shape index (κ2) is 8.03. The van der Waals surface area contributed by atoms with Gasteiger partial charge in [-0.05, 0) is 36.3 Å². The zero-order chi connectivity index (χ0) is 16.7. The maximum atomic E-state index is 12.2. The molecule has 0 fully saturated rings. The van der Waals surface area contributed by atoms with Crippen LogP contribution in [0.4, 0.5) is 0 Å². The molecule has 2 aromatic carbocycles. The summed E-state index contributed by atoms with van der Waals surface area (Å²) in [6.45, 7) is 1.78. The smallest absolute Gasteiger partial charge is 0.317 e. The zero-order valence-electron chi connectivity index (χ0n) is 13.5. The fourth-order valence-electron chi connectivity index (χ4n) is 2.06. The Bertz CT molecular complexity index is 655. The van der Waals surface area contributed by atoms with E-state index < -0.39 is 5.92 Å². The van der Waals surface area contributed by atoms with Crippen LogP contribution in [-0.2, 0) is 9.53 Å². The molecular formula is C19H20O4. The quantitative estimate of drug-likeness (QED) is 0.597. The third-order valence-electron chi connectivity index (χ3n) is 3.47. The predicted molar refractivity (Wildman–Crippen MR) is 89.5 cm³/mol. The highest BCUT2D eigenvalue weighted by Crippen LogP contribution is 2.28. The van der Waals surface area contributed by atoms with Crippen LogP contribution in [0.2, 0.25) is 0 Å². The molecule has 0 aliphatic rings. The second-order valence-corrected chi connectivity index (χ2v) is 5.02. The Morgan fingerprint density at radius 1 is 1.00 bits per heavy atom. The Balaban J connectivity index is 2.06. The van der Waals surface area contributed by atoms with Gasteiger partial charge in [-0.3, -0.25) is 4.79 Å². The first kappa shape index (κ1) is 16.6. The summed E-state index contributed by atoms with van der Waals surface area (Å²) in [6, 6.07) is 15.0. The molecule has 0 aliphatic heterocycles. The highest BCUT2D eigenvalue weighted by Gasteiger charge is 2.18. The van der Waals surface area contributed by atoms with E-state index in [4.69, 9.17) is 14.2 Å². The van der Waals surface area contributed by atoms with E-state index in [1.807, 2.05) is 30.3 Å². The lowest BCUT2D eigenvalue weighted by Crippen LogP contribution is -2.10. The van der Waals surface area contributed by atoms with Crippen LogP contribution in [0, 0.1) is 0 Å². The van der Waals surface area contributed by atoms with Gasteiger partial charge in [0.25, 0.3) is 0 Å². The number of hydrogen-bond donors (Lipinski definition) is 0. The van der Waals surface area contributed by atoms with Gasteiger partial charge >= 0.3 is 5.97 Å². The van der Waals surface area contributed by atoms with Gasteiger partial charge in [0.05, 0.1) is 26.4 Å². The molecule has 0 amide bonds. The normalized spacial score (nSPS) is 12.0. The third kappa shape index (κ3) is 4.61. The van der Waals surface area contributed by atoms with Gasteiger partial charge in [0, 0.05) is 6.07 Å². The van der Waals surface area contributed by atoms with E-state index >= 15 is 0 Å². The number of benzene rings is 2. The SMILES string of the molecule is COc1cc(OC)cc(C(C)C(=O)OC=Cc2ccccc2)c1. The maximum absolute atomic E-state index is 12.2. The number of esters is 1. The number of hydrogen-bond acceptors (Lipinski definition) is 4. The molecule has 0 spiro atoms. The van der Waals surface area contributed by atoms with Crippen molar-refractivity contribution in [1.29, 1.82) is 0 Å². The summed E-state index contributed by atoms with van der Waals surface area (Å²) in [7, 11) is 3.15. The summed E-state index contributed by atoms with van der Waals surface area (Å²) in [5.41, 5.74) is 1.75. The fourth-order valence-corrected chi connectivity index (χ4v) is 2.06. The molecule has 0 N–H and O–H groups in total. The van der Waals surface area contributed by atoms with Crippen molar-refractivity contribution in [3.63, 3.8) is 0 Å². The lowest BCUT2D eigenvalue weighted by molar-refractivity contribution is -0.139. The largest absolute Gasteiger partial charge is 0.497 e. The predicted octanol–water partition coefficient (Wildman–Crippen LogP) is 4.02. The van der Waals surface area contributed by atoms with E-state index in [9.17, 15) is 4.79 Å². The van der Waals surface area contributed by atoms with E-state index in [0.29, 0.717) is 11.5 Å². The average molecular weight is 312 g/mol. The van der Waals surface area contributed by atoms with Crippen LogP contribution in [0.5, 0.6) is 11.5 Å². The van der Waals surface area contributed by atoms with E-state index in [1.54, 1.807) is 45.4 Å². The highest BCUT2D eigenvalue weighted by atomic mass is 16.5. The molecule has 2 rings (SSSR count). The molecule has 2 aromatic rings. The van der Waals surface area contributed by atoms with E-state index in [1.165, 1.54) is 6.26 Å². The van der Waals surface area contributed by atoms with Gasteiger partial charge in [0.15, 0.2) is 0 Å². The molecule has 1 atom stereocenters. The summed E-state index contributed by atoms with van der Waals surface area (Å²) in [5, 5.41) is 0. The second-order valence-electron chi connectivity index (χ2n) is 5.02. The van der Waals surface area contributed by atoms with Crippen molar-refractivity contribution in [1.82, 2.24) is 0 Å². The number of carbonyl (C=O) groups excluding carboxylic acids is 1. The minimum absolute atomic E-state index is 0.340. The van der Waals surface area contributed by atoms with Crippen LogP contribution in [0.3, 0.4) is 0 Å². The molecule has 0 saturated heterocycles. The van der Waals surface area contributed by atoms with E-state index in [0.717, 1.165) is 11.1 Å². The minimum Gasteiger partial charge on any atom is -0.497 e. The van der Waals surface area contributed by atoms with Crippen molar-refractivity contribution in [2.45, 2.75) is 12.8 Å². The molecular weight excluding hydrogens is 292 g/mol. The molecule has 120 valence electrons. The van der Waals surface area contributed by atoms with Gasteiger partial charge in [-0.1, -0.05) is 30.3 Å². The van der Waals surface area contributed by atoms with Crippen LogP contribution in [0.1, 0.15) is 24.0 Å². The van der Waals surface area contributed by atoms with E-state index in [2.05, 4.69) is 0 Å². The van der Waals surface area contributed by atoms with Crippen LogP contribution in [0.15, 0.2) is 54.8 Å². The molecule has 0 radical (unpaired) electrons. The first-order valence-electron chi connectivity index (χ1n) is 7.29. The molecule has 0 aliphatic carbocycles. The standard InChI is InChI=1S/C19H20O4/c1-14(16-11-17(21-2)13-18(12-16)22-3)19(20)23-10-9-15-7-5-4-6-8-15/h4-14H,1-3H3. The zero-order valence-corrected chi connectivity index (χ0v) is 13.5. The van der Waals surface area contributed by atoms with Crippen LogP contribution >= 0.6 is 0 Å². The minimum atomic E-state index is -0.431. The van der Waals surface area contributed by atoms with Gasteiger partial charge in [-0.25, -0.2) is 0 Å². The Morgan fingerprint density at radius 3 is 2.17 bits per heavy atom. The van der Waals surface area contributed by atoms with Crippen molar-refractivity contribution in [2.75, 3.05) is 14.2 Å². The number of rotatable bonds is 6. The van der Waals surface area contributed by atoms with Crippen molar-refractivity contribution in [3.8, 4) is 11.5 Å². The number of carbonyl (C=O) groups is 1. The van der Waals surface area contributed by atoms with Crippen LogP contribution in [0.25, 0.3) is 6.08 Å². The van der Waals surface area contributed by atoms with Gasteiger partial charge < -0.3 is 14.2 Å². The first-order chi connectivity index (χ1) is 11.1. The molecule has 1 unspecified atom stereocenters. The fraction of sp³-hybridized carbons (Fsp3) is 0.211. The summed E-state index contributed by atoms with van der Waals surface area (Å²) in [5.74, 6) is 0.504. The summed E-state index contributed by atoms with van der Waals surface area (Å²) < 4.78 is 15.6. The van der Waals surface area contributed by atoms with Crippen LogP contribution in [-0.4, -0.2) is 20.2 Å². The van der Waals surface area contributed by atoms with Gasteiger partial charge in [-0.15, -0.1) is 0 Å². The monoisotopic (exact) mass is 312 g/mol. The number of methoxy groups -OCH3 is 2. The summed E-state index contributed by atoms with van der Waals surface area (Å²) >= 11 is 0.